The van der Waals surface area contributed by atoms with Crippen molar-refractivity contribution in [1.82, 2.24) is 9.80 Å². The fourth-order valence-corrected chi connectivity index (χ4v) is 2.58. The molecule has 9 heteroatoms. The van der Waals surface area contributed by atoms with Gasteiger partial charge in [0.05, 0.1) is 12.5 Å². The molecule has 2 unspecified atom stereocenters. The lowest BCUT2D eigenvalue weighted by Gasteiger charge is -2.36. The lowest BCUT2D eigenvalue weighted by Crippen LogP contribution is -2.53. The average Bonchev–Trinajstić information content (AvgIpc) is 2.56. The monoisotopic (exact) mass is 408 g/mol. The summed E-state index contributed by atoms with van der Waals surface area (Å²) >= 11 is 0. The zero-order valence-corrected chi connectivity index (χ0v) is 16.6. The van der Waals surface area contributed by atoms with Crippen molar-refractivity contribution in [3.8, 4) is 0 Å². The molecule has 2 rings (SSSR count). The largest absolute Gasteiger partial charge is 0.340 e. The minimum Gasteiger partial charge on any atom is -0.340 e. The van der Waals surface area contributed by atoms with Crippen molar-refractivity contribution in [2.75, 3.05) is 38.0 Å². The van der Waals surface area contributed by atoms with E-state index in [-0.39, 0.29) is 61.0 Å². The molecule has 2 amide bonds. The molecule has 0 aliphatic carbocycles. The van der Waals surface area contributed by atoms with Crippen LogP contribution in [-0.2, 0) is 9.59 Å². The summed E-state index contributed by atoms with van der Waals surface area (Å²) in [6.07, 6.45) is 0. The van der Waals surface area contributed by atoms with Gasteiger partial charge in [0.25, 0.3) is 0 Å². The van der Waals surface area contributed by atoms with Crippen LogP contribution in [0.3, 0.4) is 0 Å². The highest BCUT2D eigenvalue weighted by atomic mass is 35.5. The van der Waals surface area contributed by atoms with Gasteiger partial charge in [0, 0.05) is 37.9 Å². The molecule has 2 atom stereocenters. The van der Waals surface area contributed by atoms with Gasteiger partial charge in [0.15, 0.2) is 0 Å². The van der Waals surface area contributed by atoms with Gasteiger partial charge in [-0.15, -0.1) is 24.8 Å². The van der Waals surface area contributed by atoms with Crippen LogP contribution in [0.1, 0.15) is 13.8 Å². The number of nitrogens with zero attached hydrogens (tertiary/aromatic N) is 2. The number of amides is 2. The van der Waals surface area contributed by atoms with Crippen LogP contribution >= 0.6 is 24.8 Å². The Morgan fingerprint density at radius 1 is 1.12 bits per heavy atom. The second kappa shape index (κ2) is 11.3. The van der Waals surface area contributed by atoms with Crippen LogP contribution < -0.4 is 11.1 Å². The number of halogens is 3. The van der Waals surface area contributed by atoms with Gasteiger partial charge in [-0.25, -0.2) is 4.39 Å². The SMILES string of the molecule is CC(N)C(C)C(=O)N1CCN(CC(=O)Nc2ccc(F)cc2)CC1.Cl.Cl. The van der Waals surface area contributed by atoms with Gasteiger partial charge in [-0.2, -0.15) is 0 Å². The van der Waals surface area contributed by atoms with E-state index in [1.54, 1.807) is 0 Å². The summed E-state index contributed by atoms with van der Waals surface area (Å²) in [5.41, 5.74) is 6.36. The van der Waals surface area contributed by atoms with Gasteiger partial charge in [-0.1, -0.05) is 6.92 Å². The molecule has 1 saturated heterocycles. The van der Waals surface area contributed by atoms with Gasteiger partial charge in [0.2, 0.25) is 11.8 Å². The molecule has 6 nitrogen and oxygen atoms in total. The summed E-state index contributed by atoms with van der Waals surface area (Å²) in [4.78, 5) is 28.1. The molecule has 1 aliphatic rings. The van der Waals surface area contributed by atoms with E-state index in [9.17, 15) is 14.0 Å². The Balaban J connectivity index is 0.00000312. The summed E-state index contributed by atoms with van der Waals surface area (Å²) in [6, 6.07) is 5.49. The minimum absolute atomic E-state index is 0. The first-order valence-electron chi connectivity index (χ1n) is 8.19. The summed E-state index contributed by atoms with van der Waals surface area (Å²) in [5, 5.41) is 2.74. The molecule has 0 aromatic heterocycles. The second-order valence-corrected chi connectivity index (χ2v) is 6.30. The number of rotatable bonds is 5. The van der Waals surface area contributed by atoms with E-state index in [4.69, 9.17) is 5.73 Å². The van der Waals surface area contributed by atoms with Crippen LogP contribution in [0, 0.1) is 11.7 Å². The molecule has 148 valence electrons. The lowest BCUT2D eigenvalue weighted by molar-refractivity contribution is -0.137. The Morgan fingerprint density at radius 3 is 2.15 bits per heavy atom. The molecular weight excluding hydrogens is 382 g/mol. The number of benzene rings is 1. The van der Waals surface area contributed by atoms with Crippen LogP contribution in [0.4, 0.5) is 10.1 Å². The molecule has 1 heterocycles. The van der Waals surface area contributed by atoms with Crippen LogP contribution in [0.5, 0.6) is 0 Å². The summed E-state index contributed by atoms with van der Waals surface area (Å²) in [7, 11) is 0. The summed E-state index contributed by atoms with van der Waals surface area (Å²) in [6.45, 7) is 6.41. The topological polar surface area (TPSA) is 78.7 Å². The Labute approximate surface area is 166 Å². The molecule has 0 radical (unpaired) electrons. The first-order chi connectivity index (χ1) is 11.4. The fourth-order valence-electron chi connectivity index (χ4n) is 2.58. The number of nitrogens with one attached hydrogen (secondary N) is 1. The highest BCUT2D eigenvalue weighted by Gasteiger charge is 2.27. The van der Waals surface area contributed by atoms with E-state index in [1.165, 1.54) is 24.3 Å². The zero-order valence-electron chi connectivity index (χ0n) is 15.0. The first-order valence-corrected chi connectivity index (χ1v) is 8.19. The van der Waals surface area contributed by atoms with Crippen molar-refractivity contribution in [2.24, 2.45) is 11.7 Å². The van der Waals surface area contributed by atoms with Crippen molar-refractivity contribution >= 4 is 42.3 Å². The normalized spacial score (nSPS) is 16.7. The van der Waals surface area contributed by atoms with Gasteiger partial charge in [-0.05, 0) is 31.2 Å². The Bertz CT molecular complexity index is 579. The Morgan fingerprint density at radius 2 is 1.65 bits per heavy atom. The second-order valence-electron chi connectivity index (χ2n) is 6.30. The van der Waals surface area contributed by atoms with E-state index in [2.05, 4.69) is 5.32 Å². The van der Waals surface area contributed by atoms with Crippen LogP contribution in [-0.4, -0.2) is 60.4 Å². The number of carbonyl (C=O) groups excluding carboxylic acids is 2. The highest BCUT2D eigenvalue weighted by molar-refractivity contribution is 5.92. The molecule has 26 heavy (non-hydrogen) atoms. The van der Waals surface area contributed by atoms with E-state index in [0.29, 0.717) is 31.9 Å². The lowest BCUT2D eigenvalue weighted by atomic mass is 10.0. The van der Waals surface area contributed by atoms with E-state index in [1.807, 2.05) is 23.6 Å². The number of piperazine rings is 1. The van der Waals surface area contributed by atoms with Crippen molar-refractivity contribution in [3.05, 3.63) is 30.1 Å². The molecular formula is C17H27Cl2FN4O2. The molecule has 0 spiro atoms. The summed E-state index contributed by atoms with van der Waals surface area (Å²) < 4.78 is 12.8. The van der Waals surface area contributed by atoms with Gasteiger partial charge >= 0.3 is 0 Å². The maximum absolute atomic E-state index is 12.8. The van der Waals surface area contributed by atoms with Crippen molar-refractivity contribution in [3.63, 3.8) is 0 Å². The van der Waals surface area contributed by atoms with Crippen molar-refractivity contribution in [2.45, 2.75) is 19.9 Å². The van der Waals surface area contributed by atoms with Gasteiger partial charge in [-0.3, -0.25) is 14.5 Å². The third-order valence-corrected chi connectivity index (χ3v) is 4.36. The number of hydrogen-bond acceptors (Lipinski definition) is 4. The minimum atomic E-state index is -0.338. The maximum Gasteiger partial charge on any atom is 0.238 e. The quantitative estimate of drug-likeness (QED) is 0.777. The van der Waals surface area contributed by atoms with Gasteiger partial charge < -0.3 is 16.0 Å². The van der Waals surface area contributed by atoms with Crippen LogP contribution in [0.25, 0.3) is 0 Å². The molecule has 1 aromatic carbocycles. The number of hydrogen-bond donors (Lipinski definition) is 2. The Kier molecular flexibility index (Phi) is 10.7. The maximum atomic E-state index is 12.8. The zero-order chi connectivity index (χ0) is 17.7. The van der Waals surface area contributed by atoms with Crippen molar-refractivity contribution < 1.29 is 14.0 Å². The molecule has 1 fully saturated rings. The first kappa shape index (κ1) is 24.6. The smallest absolute Gasteiger partial charge is 0.238 e. The number of nitrogens with two attached hydrogens (primary N) is 1. The van der Waals surface area contributed by atoms with E-state index < -0.39 is 0 Å². The van der Waals surface area contributed by atoms with Crippen LogP contribution in [0.15, 0.2) is 24.3 Å². The number of anilines is 1. The highest BCUT2D eigenvalue weighted by Crippen LogP contribution is 2.11. The van der Waals surface area contributed by atoms with Crippen LogP contribution in [0.2, 0.25) is 0 Å². The average molecular weight is 409 g/mol. The third kappa shape index (κ3) is 7.07. The van der Waals surface area contributed by atoms with Gasteiger partial charge in [0.1, 0.15) is 5.82 Å². The number of carbonyl (C=O) groups is 2. The molecule has 1 aromatic rings. The molecule has 0 bridgehead atoms. The summed E-state index contributed by atoms with van der Waals surface area (Å²) in [5.74, 6) is -0.612. The van der Waals surface area contributed by atoms with Crippen molar-refractivity contribution in [1.29, 1.82) is 0 Å². The third-order valence-electron chi connectivity index (χ3n) is 4.36. The molecule has 1 aliphatic heterocycles. The molecule has 3 N–H and O–H groups in total. The standard InChI is InChI=1S/C17H25FN4O2.2ClH/c1-12(13(2)19)17(24)22-9-7-21(8-10-22)11-16(23)20-15-5-3-14(18)4-6-15;;/h3-6,12-13H,7-11,19H2,1-2H3,(H,20,23);2*1H. The Hall–Kier alpha value is -1.41. The predicted molar refractivity (Wildman–Crippen MR) is 105 cm³/mol. The molecule has 0 saturated carbocycles. The van der Waals surface area contributed by atoms with E-state index >= 15 is 0 Å². The fraction of sp³-hybridized carbons (Fsp3) is 0.529. The predicted octanol–water partition coefficient (Wildman–Crippen LogP) is 1.74. The van der Waals surface area contributed by atoms with E-state index in [0.717, 1.165) is 0 Å².